The van der Waals surface area contributed by atoms with Crippen molar-refractivity contribution < 1.29 is 19.1 Å². The van der Waals surface area contributed by atoms with Crippen LogP contribution in [0.3, 0.4) is 0 Å². The summed E-state index contributed by atoms with van der Waals surface area (Å²) >= 11 is 5.27. The van der Waals surface area contributed by atoms with Crippen molar-refractivity contribution in [3.63, 3.8) is 0 Å². The first-order valence-electron chi connectivity index (χ1n) is 9.85. The highest BCUT2D eigenvalue weighted by atomic mass is 32.1. The Bertz CT molecular complexity index is 1220. The van der Waals surface area contributed by atoms with Crippen molar-refractivity contribution in [2.75, 3.05) is 12.0 Å². The molecule has 160 valence electrons. The molecule has 0 aromatic heterocycles. The summed E-state index contributed by atoms with van der Waals surface area (Å²) in [6, 6.07) is 21.7. The van der Waals surface area contributed by atoms with E-state index in [0.717, 1.165) is 11.3 Å². The molecule has 0 atom stereocenters. The fraction of sp³-hybridized carbons (Fsp3) is 0.0800. The van der Waals surface area contributed by atoms with Gasteiger partial charge in [-0.2, -0.15) is 0 Å². The standard InChI is InChI=1S/C25H20N2O4S/c1-16-14-17(8-13-22(16)30-2)15-21-23(28)26-25(32)27(24(21)29)18-9-11-20(12-10-18)31-19-6-4-3-5-7-19/h3-15H,1-2H3,(H,26,28,32)/b21-15+. The number of hydrogen-bond donors (Lipinski definition) is 1. The number of methoxy groups -OCH3 is 1. The molecule has 0 aliphatic carbocycles. The number of benzene rings is 3. The van der Waals surface area contributed by atoms with E-state index < -0.39 is 11.8 Å². The normalized spacial score (nSPS) is 15.0. The molecule has 0 spiro atoms. The van der Waals surface area contributed by atoms with Gasteiger partial charge in [0.2, 0.25) is 0 Å². The Morgan fingerprint density at radius 3 is 2.28 bits per heavy atom. The molecule has 32 heavy (non-hydrogen) atoms. The molecule has 0 bridgehead atoms. The van der Waals surface area contributed by atoms with Crippen molar-refractivity contribution >= 4 is 40.9 Å². The Labute approximate surface area is 191 Å². The smallest absolute Gasteiger partial charge is 0.270 e. The monoisotopic (exact) mass is 444 g/mol. The van der Waals surface area contributed by atoms with Gasteiger partial charge in [-0.1, -0.05) is 24.3 Å². The maximum Gasteiger partial charge on any atom is 0.270 e. The first-order chi connectivity index (χ1) is 15.5. The zero-order chi connectivity index (χ0) is 22.7. The van der Waals surface area contributed by atoms with Crippen LogP contribution in [-0.2, 0) is 9.59 Å². The first kappa shape index (κ1) is 21.3. The largest absolute Gasteiger partial charge is 0.496 e. The molecule has 3 aromatic rings. The third kappa shape index (κ3) is 4.38. The molecule has 0 unspecified atom stereocenters. The van der Waals surface area contributed by atoms with E-state index in [1.54, 1.807) is 49.6 Å². The van der Waals surface area contributed by atoms with E-state index >= 15 is 0 Å². The molecule has 4 rings (SSSR count). The molecule has 0 radical (unpaired) electrons. The van der Waals surface area contributed by atoms with Crippen molar-refractivity contribution in [1.29, 1.82) is 0 Å². The summed E-state index contributed by atoms with van der Waals surface area (Å²) in [5, 5.41) is 2.62. The lowest BCUT2D eigenvalue weighted by atomic mass is 10.0. The van der Waals surface area contributed by atoms with Crippen LogP contribution < -0.4 is 19.7 Å². The van der Waals surface area contributed by atoms with Gasteiger partial charge in [-0.25, -0.2) is 0 Å². The number of ether oxygens (including phenoxy) is 2. The Balaban J connectivity index is 1.60. The van der Waals surface area contributed by atoms with Crippen LogP contribution in [0.15, 0.2) is 78.4 Å². The minimum Gasteiger partial charge on any atom is -0.496 e. The number of hydrogen-bond acceptors (Lipinski definition) is 5. The lowest BCUT2D eigenvalue weighted by molar-refractivity contribution is -0.122. The zero-order valence-corrected chi connectivity index (χ0v) is 18.3. The van der Waals surface area contributed by atoms with Crippen LogP contribution in [0, 0.1) is 6.92 Å². The quantitative estimate of drug-likeness (QED) is 0.353. The van der Waals surface area contributed by atoms with E-state index in [9.17, 15) is 9.59 Å². The van der Waals surface area contributed by atoms with Crippen LogP contribution in [0.1, 0.15) is 11.1 Å². The van der Waals surface area contributed by atoms with Crippen molar-refractivity contribution in [2.24, 2.45) is 0 Å². The third-order valence-electron chi connectivity index (χ3n) is 4.91. The SMILES string of the molecule is COc1ccc(/C=C2\C(=O)NC(=S)N(c3ccc(Oc4ccccc4)cc3)C2=O)cc1C. The van der Waals surface area contributed by atoms with Crippen LogP contribution in [0.25, 0.3) is 6.08 Å². The molecule has 1 aliphatic rings. The van der Waals surface area contributed by atoms with Crippen LogP contribution >= 0.6 is 12.2 Å². The number of nitrogens with zero attached hydrogens (tertiary/aromatic N) is 1. The summed E-state index contributed by atoms with van der Waals surface area (Å²) in [6.07, 6.45) is 1.55. The molecule has 1 fully saturated rings. The number of amides is 2. The summed E-state index contributed by atoms with van der Waals surface area (Å²) in [5.41, 5.74) is 2.12. The Morgan fingerprint density at radius 2 is 1.62 bits per heavy atom. The topological polar surface area (TPSA) is 67.9 Å². The average Bonchev–Trinajstić information content (AvgIpc) is 2.78. The lowest BCUT2D eigenvalue weighted by Gasteiger charge is -2.29. The van der Waals surface area contributed by atoms with Gasteiger partial charge in [-0.15, -0.1) is 0 Å². The van der Waals surface area contributed by atoms with E-state index in [1.165, 1.54) is 4.90 Å². The maximum absolute atomic E-state index is 13.2. The van der Waals surface area contributed by atoms with Crippen LogP contribution in [0.4, 0.5) is 5.69 Å². The van der Waals surface area contributed by atoms with Gasteiger partial charge >= 0.3 is 0 Å². The zero-order valence-electron chi connectivity index (χ0n) is 17.5. The summed E-state index contributed by atoms with van der Waals surface area (Å²) in [7, 11) is 1.59. The van der Waals surface area contributed by atoms with Crippen LogP contribution in [0.2, 0.25) is 0 Å². The molecule has 0 saturated carbocycles. The number of anilines is 1. The molecule has 1 saturated heterocycles. The summed E-state index contributed by atoms with van der Waals surface area (Å²) in [6.45, 7) is 1.89. The van der Waals surface area contributed by atoms with Gasteiger partial charge in [0.1, 0.15) is 22.8 Å². The van der Waals surface area contributed by atoms with Gasteiger partial charge in [0.25, 0.3) is 11.8 Å². The predicted molar refractivity (Wildman–Crippen MR) is 127 cm³/mol. The van der Waals surface area contributed by atoms with E-state index in [-0.39, 0.29) is 10.7 Å². The van der Waals surface area contributed by atoms with Crippen molar-refractivity contribution in [3.8, 4) is 17.2 Å². The fourth-order valence-electron chi connectivity index (χ4n) is 3.34. The molecule has 1 heterocycles. The van der Waals surface area contributed by atoms with E-state index in [4.69, 9.17) is 21.7 Å². The van der Waals surface area contributed by atoms with Crippen molar-refractivity contribution in [2.45, 2.75) is 6.92 Å². The second-order valence-corrected chi connectivity index (χ2v) is 7.48. The van der Waals surface area contributed by atoms with E-state index in [0.29, 0.717) is 22.7 Å². The molecule has 2 amide bonds. The van der Waals surface area contributed by atoms with Crippen molar-refractivity contribution in [1.82, 2.24) is 5.32 Å². The minimum absolute atomic E-state index is 0.00669. The second-order valence-electron chi connectivity index (χ2n) is 7.10. The Morgan fingerprint density at radius 1 is 0.938 bits per heavy atom. The second kappa shape index (κ2) is 9.03. The Hall–Kier alpha value is -3.97. The number of aryl methyl sites for hydroxylation is 1. The first-order valence-corrected chi connectivity index (χ1v) is 10.3. The lowest BCUT2D eigenvalue weighted by Crippen LogP contribution is -2.54. The highest BCUT2D eigenvalue weighted by Crippen LogP contribution is 2.27. The summed E-state index contributed by atoms with van der Waals surface area (Å²) < 4.78 is 11.1. The fourth-order valence-corrected chi connectivity index (χ4v) is 3.62. The molecular weight excluding hydrogens is 424 g/mol. The average molecular weight is 445 g/mol. The highest BCUT2D eigenvalue weighted by Gasteiger charge is 2.34. The number of carbonyl (C=O) groups excluding carboxylic acids is 2. The molecule has 7 heteroatoms. The molecule has 1 aliphatic heterocycles. The predicted octanol–water partition coefficient (Wildman–Crippen LogP) is 4.63. The van der Waals surface area contributed by atoms with Gasteiger partial charge in [-0.05, 0) is 84.9 Å². The number of para-hydroxylation sites is 1. The maximum atomic E-state index is 13.2. The number of carbonyl (C=O) groups is 2. The van der Waals surface area contributed by atoms with Gasteiger partial charge in [0.05, 0.1) is 12.8 Å². The summed E-state index contributed by atoms with van der Waals surface area (Å²) in [4.78, 5) is 27.0. The van der Waals surface area contributed by atoms with Gasteiger partial charge in [-0.3, -0.25) is 19.8 Å². The minimum atomic E-state index is -0.534. The Kier molecular flexibility index (Phi) is 6.00. The molecule has 3 aromatic carbocycles. The third-order valence-corrected chi connectivity index (χ3v) is 5.19. The van der Waals surface area contributed by atoms with E-state index in [2.05, 4.69) is 5.32 Å². The van der Waals surface area contributed by atoms with Crippen molar-refractivity contribution in [3.05, 3.63) is 89.5 Å². The highest BCUT2D eigenvalue weighted by molar-refractivity contribution is 7.80. The van der Waals surface area contributed by atoms with E-state index in [1.807, 2.05) is 43.3 Å². The molecule has 6 nitrogen and oxygen atoms in total. The van der Waals surface area contributed by atoms with Crippen LogP contribution in [0.5, 0.6) is 17.2 Å². The van der Waals surface area contributed by atoms with Gasteiger partial charge in [0.15, 0.2) is 5.11 Å². The van der Waals surface area contributed by atoms with Crippen LogP contribution in [-0.4, -0.2) is 24.0 Å². The number of thiocarbonyl (C=S) groups is 1. The molecule has 1 N–H and O–H groups in total. The summed E-state index contributed by atoms with van der Waals surface area (Å²) in [5.74, 6) is 1.02. The number of rotatable bonds is 5. The number of nitrogens with one attached hydrogen (secondary N) is 1. The van der Waals surface area contributed by atoms with Gasteiger partial charge in [0, 0.05) is 0 Å². The molecular formula is C25H20N2O4S. The van der Waals surface area contributed by atoms with Gasteiger partial charge < -0.3 is 9.47 Å².